The summed E-state index contributed by atoms with van der Waals surface area (Å²) in [5.74, 6) is 4.96. The molecule has 0 unspecified atom stereocenters. The zero-order valence-electron chi connectivity index (χ0n) is 17.2. The summed E-state index contributed by atoms with van der Waals surface area (Å²) in [5, 5.41) is 6.53. The number of nitrogens with zero attached hydrogens (tertiary/aromatic N) is 6. The van der Waals surface area contributed by atoms with E-state index in [2.05, 4.69) is 15.2 Å². The first-order valence-electron chi connectivity index (χ1n) is 10.0. The van der Waals surface area contributed by atoms with Gasteiger partial charge in [0.05, 0.1) is 21.7 Å². The first kappa shape index (κ1) is 22.9. The number of hydrogen-bond donors (Lipinski definition) is 1. The van der Waals surface area contributed by atoms with Gasteiger partial charge in [0.15, 0.2) is 0 Å². The SMILES string of the molecule is CCn1c(CSc2nnc(C(F)(F)F)n2N)nc2cc(S(=O)(=O)N3CCCCC3)ccc21. The quantitative estimate of drug-likeness (QED) is 0.419. The van der Waals surface area contributed by atoms with Crippen molar-refractivity contribution in [1.82, 2.24) is 28.7 Å². The van der Waals surface area contributed by atoms with Gasteiger partial charge < -0.3 is 10.4 Å². The fraction of sp³-hybridized carbons (Fsp3) is 0.500. The normalized spacial score (nSPS) is 16.1. The average Bonchev–Trinajstić information content (AvgIpc) is 3.31. The number of rotatable bonds is 6. The van der Waals surface area contributed by atoms with Gasteiger partial charge in [-0.15, -0.1) is 10.2 Å². The van der Waals surface area contributed by atoms with Crippen molar-refractivity contribution in [3.63, 3.8) is 0 Å². The van der Waals surface area contributed by atoms with E-state index in [1.807, 2.05) is 11.5 Å². The summed E-state index contributed by atoms with van der Waals surface area (Å²) in [4.78, 5) is 4.73. The molecule has 4 rings (SSSR count). The number of fused-ring (bicyclic) bond motifs is 1. The molecule has 0 amide bonds. The van der Waals surface area contributed by atoms with Crippen LogP contribution >= 0.6 is 11.8 Å². The second kappa shape index (κ2) is 8.56. The Morgan fingerprint density at radius 3 is 2.50 bits per heavy atom. The maximum absolute atomic E-state index is 13.0. The van der Waals surface area contributed by atoms with E-state index in [0.717, 1.165) is 36.5 Å². The number of imidazole rings is 1. The molecule has 1 aliphatic rings. The highest BCUT2D eigenvalue weighted by Crippen LogP contribution is 2.31. The number of aryl methyl sites for hydroxylation is 1. The van der Waals surface area contributed by atoms with Gasteiger partial charge in [-0.05, 0) is 38.0 Å². The number of hydrogen-bond acceptors (Lipinski definition) is 7. The van der Waals surface area contributed by atoms with Gasteiger partial charge in [-0.1, -0.05) is 18.2 Å². The molecule has 14 heteroatoms. The summed E-state index contributed by atoms with van der Waals surface area (Å²) < 4.78 is 68.4. The van der Waals surface area contributed by atoms with Gasteiger partial charge in [-0.3, -0.25) is 0 Å². The summed E-state index contributed by atoms with van der Waals surface area (Å²) in [7, 11) is -3.60. The molecule has 1 aliphatic heterocycles. The standard InChI is InChI=1S/C18H22F3N7O2S2/c1-2-27-14-7-6-12(32(29,30)26-8-4-3-5-9-26)10-13(14)23-15(27)11-31-17-25-24-16(28(17)22)18(19,20)21/h6-7,10H,2-5,8-9,11,22H2,1H3. The molecule has 9 nitrogen and oxygen atoms in total. The first-order chi connectivity index (χ1) is 15.1. The van der Waals surface area contributed by atoms with Crippen LogP contribution in [0.3, 0.4) is 0 Å². The van der Waals surface area contributed by atoms with Gasteiger partial charge in [0.1, 0.15) is 5.82 Å². The largest absolute Gasteiger partial charge is 0.453 e. The molecule has 1 saturated heterocycles. The van der Waals surface area contributed by atoms with Crippen LogP contribution in [0, 0.1) is 0 Å². The molecular weight excluding hydrogens is 467 g/mol. The molecule has 2 N–H and O–H groups in total. The number of nitrogens with two attached hydrogens (primary N) is 1. The predicted octanol–water partition coefficient (Wildman–Crippen LogP) is 2.85. The Bertz CT molecular complexity index is 1230. The van der Waals surface area contributed by atoms with Gasteiger partial charge >= 0.3 is 6.18 Å². The highest BCUT2D eigenvalue weighted by Gasteiger charge is 2.38. The lowest BCUT2D eigenvalue weighted by atomic mass is 10.2. The van der Waals surface area contributed by atoms with Crippen LogP contribution in [0.5, 0.6) is 0 Å². The molecule has 0 spiro atoms. The average molecular weight is 490 g/mol. The minimum absolute atomic E-state index is 0.0969. The summed E-state index contributed by atoms with van der Waals surface area (Å²) in [6, 6.07) is 4.83. The third kappa shape index (κ3) is 4.18. The number of alkyl halides is 3. The van der Waals surface area contributed by atoms with Crippen LogP contribution in [0.4, 0.5) is 13.2 Å². The maximum atomic E-state index is 13.0. The summed E-state index contributed by atoms with van der Waals surface area (Å²) >= 11 is 0.969. The van der Waals surface area contributed by atoms with Crippen LogP contribution in [-0.4, -0.2) is 50.2 Å². The molecule has 0 bridgehead atoms. The number of sulfonamides is 1. The number of halogens is 3. The molecule has 174 valence electrons. The lowest BCUT2D eigenvalue weighted by Gasteiger charge is -2.25. The highest BCUT2D eigenvalue weighted by molar-refractivity contribution is 7.98. The molecule has 0 radical (unpaired) electrons. The molecule has 2 aromatic heterocycles. The monoisotopic (exact) mass is 489 g/mol. The van der Waals surface area contributed by atoms with Gasteiger partial charge in [0, 0.05) is 19.6 Å². The van der Waals surface area contributed by atoms with Crippen LogP contribution < -0.4 is 5.84 Å². The Morgan fingerprint density at radius 1 is 1.16 bits per heavy atom. The highest BCUT2D eigenvalue weighted by atomic mass is 32.2. The van der Waals surface area contributed by atoms with E-state index >= 15 is 0 Å². The van der Waals surface area contributed by atoms with Crippen LogP contribution in [0.2, 0.25) is 0 Å². The lowest BCUT2D eigenvalue weighted by molar-refractivity contribution is -0.146. The minimum atomic E-state index is -4.70. The molecule has 1 fully saturated rings. The molecule has 32 heavy (non-hydrogen) atoms. The molecule has 1 aromatic carbocycles. The Morgan fingerprint density at radius 2 is 1.88 bits per heavy atom. The number of aromatic nitrogens is 5. The van der Waals surface area contributed by atoms with Crippen molar-refractivity contribution in [3.05, 3.63) is 29.8 Å². The Hall–Kier alpha value is -2.32. The smallest absolute Gasteiger partial charge is 0.335 e. The number of benzene rings is 1. The lowest BCUT2D eigenvalue weighted by Crippen LogP contribution is -2.35. The zero-order valence-corrected chi connectivity index (χ0v) is 18.8. The Balaban J connectivity index is 1.61. The van der Waals surface area contributed by atoms with Gasteiger partial charge in [-0.25, -0.2) is 18.1 Å². The topological polar surface area (TPSA) is 112 Å². The van der Waals surface area contributed by atoms with E-state index < -0.39 is 22.0 Å². The van der Waals surface area contributed by atoms with Crippen LogP contribution in [0.1, 0.15) is 37.8 Å². The van der Waals surface area contributed by atoms with Crippen molar-refractivity contribution in [1.29, 1.82) is 0 Å². The van der Waals surface area contributed by atoms with E-state index in [1.165, 1.54) is 4.31 Å². The van der Waals surface area contributed by atoms with E-state index in [1.54, 1.807) is 18.2 Å². The first-order valence-corrected chi connectivity index (χ1v) is 12.4. The minimum Gasteiger partial charge on any atom is -0.335 e. The maximum Gasteiger partial charge on any atom is 0.453 e. The van der Waals surface area contributed by atoms with Crippen molar-refractivity contribution in [2.75, 3.05) is 18.9 Å². The second-order valence-electron chi connectivity index (χ2n) is 7.35. The summed E-state index contributed by atoms with van der Waals surface area (Å²) in [6.07, 6.45) is -1.99. The molecule has 3 aromatic rings. The van der Waals surface area contributed by atoms with Crippen LogP contribution in [0.25, 0.3) is 11.0 Å². The van der Waals surface area contributed by atoms with E-state index in [-0.39, 0.29) is 15.8 Å². The molecular formula is C18H22F3N7O2S2. The second-order valence-corrected chi connectivity index (χ2v) is 10.2. The van der Waals surface area contributed by atoms with Gasteiger partial charge in [-0.2, -0.15) is 17.5 Å². The van der Waals surface area contributed by atoms with E-state index in [4.69, 9.17) is 5.84 Å². The van der Waals surface area contributed by atoms with Crippen molar-refractivity contribution < 1.29 is 21.6 Å². The van der Waals surface area contributed by atoms with Crippen molar-refractivity contribution in [3.8, 4) is 0 Å². The third-order valence-electron chi connectivity index (χ3n) is 5.32. The fourth-order valence-electron chi connectivity index (χ4n) is 3.74. The predicted molar refractivity (Wildman–Crippen MR) is 113 cm³/mol. The van der Waals surface area contributed by atoms with Crippen molar-refractivity contribution in [2.45, 2.75) is 54.7 Å². The third-order valence-corrected chi connectivity index (χ3v) is 8.15. The Kier molecular flexibility index (Phi) is 6.11. The van der Waals surface area contributed by atoms with Crippen LogP contribution in [-0.2, 0) is 28.5 Å². The van der Waals surface area contributed by atoms with E-state index in [0.29, 0.717) is 35.7 Å². The number of piperidine rings is 1. The number of thioether (sulfide) groups is 1. The summed E-state index contributed by atoms with van der Waals surface area (Å²) in [6.45, 7) is 3.46. The molecule has 0 saturated carbocycles. The fourth-order valence-corrected chi connectivity index (χ4v) is 6.08. The van der Waals surface area contributed by atoms with Gasteiger partial charge in [0.25, 0.3) is 5.82 Å². The molecule has 0 aliphatic carbocycles. The Labute approximate surface area is 186 Å². The van der Waals surface area contributed by atoms with Crippen LogP contribution in [0.15, 0.2) is 28.3 Å². The number of nitrogen functional groups attached to an aromatic ring is 1. The van der Waals surface area contributed by atoms with Crippen molar-refractivity contribution in [2.24, 2.45) is 0 Å². The molecule has 3 heterocycles. The van der Waals surface area contributed by atoms with Crippen molar-refractivity contribution >= 4 is 32.8 Å². The van der Waals surface area contributed by atoms with E-state index in [9.17, 15) is 21.6 Å². The summed E-state index contributed by atoms with van der Waals surface area (Å²) in [5.41, 5.74) is 1.25. The van der Waals surface area contributed by atoms with Gasteiger partial charge in [0.2, 0.25) is 15.2 Å². The molecule has 0 atom stereocenters. The zero-order chi connectivity index (χ0) is 23.1.